The molecular weight excluding hydrogens is 196 g/mol. The number of nitrogens with zero attached hydrogens (tertiary/aromatic N) is 2. The molecule has 77 valence electrons. The fourth-order valence-corrected chi connectivity index (χ4v) is 1.83. The Balaban J connectivity index is 2.14. The molecule has 0 aliphatic heterocycles. The monoisotopic (exact) mass is 207 g/mol. The van der Waals surface area contributed by atoms with Crippen LogP contribution >= 0.6 is 0 Å². The van der Waals surface area contributed by atoms with Gasteiger partial charge in [-0.2, -0.15) is 0 Å². The number of rotatable bonds is 2. The summed E-state index contributed by atoms with van der Waals surface area (Å²) in [6, 6.07) is 19.2. The predicted octanol–water partition coefficient (Wildman–Crippen LogP) is 3.07. The molecule has 0 bridgehead atoms. The lowest BCUT2D eigenvalue weighted by Gasteiger charge is -2.09. The van der Waals surface area contributed by atoms with E-state index in [1.807, 2.05) is 54.9 Å². The van der Waals surface area contributed by atoms with Gasteiger partial charge in [-0.3, -0.25) is 0 Å². The standard InChI is InChI=1S/C14H11N2/c1-2-7-13(8-3-1)16-12-6-9-14(16)15-10-4-5-11-15/h2-12H. The van der Waals surface area contributed by atoms with Crippen LogP contribution in [0, 0.1) is 6.07 Å². The van der Waals surface area contributed by atoms with E-state index < -0.39 is 0 Å². The van der Waals surface area contributed by atoms with E-state index in [-0.39, 0.29) is 0 Å². The molecular formula is C14H11N2. The Morgan fingerprint density at radius 2 is 1.56 bits per heavy atom. The van der Waals surface area contributed by atoms with Crippen molar-refractivity contribution < 1.29 is 0 Å². The van der Waals surface area contributed by atoms with Gasteiger partial charge in [-0.15, -0.1) is 0 Å². The molecule has 0 saturated heterocycles. The zero-order chi connectivity index (χ0) is 10.8. The minimum absolute atomic E-state index is 1.14. The van der Waals surface area contributed by atoms with Gasteiger partial charge in [0.05, 0.1) is 0 Å². The van der Waals surface area contributed by atoms with E-state index in [1.165, 1.54) is 0 Å². The summed E-state index contributed by atoms with van der Waals surface area (Å²) in [5, 5.41) is 0. The Hall–Kier alpha value is -2.22. The third kappa shape index (κ3) is 1.44. The Bertz CT molecular complexity index is 562. The lowest BCUT2D eigenvalue weighted by Crippen LogP contribution is -2.00. The van der Waals surface area contributed by atoms with Crippen LogP contribution in [-0.4, -0.2) is 9.13 Å². The maximum absolute atomic E-state index is 3.03. The molecule has 0 fully saturated rings. The summed E-state index contributed by atoms with van der Waals surface area (Å²) >= 11 is 0. The van der Waals surface area contributed by atoms with Crippen molar-refractivity contribution in [3.8, 4) is 11.5 Å². The molecule has 0 atom stereocenters. The molecule has 1 radical (unpaired) electrons. The highest BCUT2D eigenvalue weighted by molar-refractivity contribution is 5.40. The molecule has 0 spiro atoms. The molecule has 0 unspecified atom stereocenters. The minimum Gasteiger partial charge on any atom is -0.310 e. The summed E-state index contributed by atoms with van der Waals surface area (Å²) in [6.45, 7) is 0. The highest BCUT2D eigenvalue weighted by Crippen LogP contribution is 2.15. The highest BCUT2D eigenvalue weighted by atomic mass is 15.1. The maximum atomic E-state index is 3.03. The number of aromatic nitrogens is 2. The van der Waals surface area contributed by atoms with Gasteiger partial charge in [0.2, 0.25) is 0 Å². The molecule has 0 N–H and O–H groups in total. The van der Waals surface area contributed by atoms with Gasteiger partial charge in [-0.25, -0.2) is 0 Å². The van der Waals surface area contributed by atoms with Crippen molar-refractivity contribution in [3.63, 3.8) is 0 Å². The zero-order valence-corrected chi connectivity index (χ0v) is 8.75. The smallest absolute Gasteiger partial charge is 0.121 e. The average Bonchev–Trinajstić information content (AvgIpc) is 3.01. The number of hydrogen-bond donors (Lipinski definition) is 0. The van der Waals surface area contributed by atoms with Gasteiger partial charge in [-0.1, -0.05) is 12.1 Å². The van der Waals surface area contributed by atoms with Gasteiger partial charge < -0.3 is 9.13 Å². The van der Waals surface area contributed by atoms with E-state index in [4.69, 9.17) is 0 Å². The lowest BCUT2D eigenvalue weighted by molar-refractivity contribution is 0.934. The van der Waals surface area contributed by atoms with E-state index in [2.05, 4.69) is 27.5 Å². The van der Waals surface area contributed by atoms with Crippen molar-refractivity contribution in [2.45, 2.75) is 0 Å². The maximum Gasteiger partial charge on any atom is 0.121 e. The van der Waals surface area contributed by atoms with Crippen LogP contribution in [-0.2, 0) is 0 Å². The van der Waals surface area contributed by atoms with E-state index in [0.29, 0.717) is 0 Å². The van der Waals surface area contributed by atoms with Crippen LogP contribution in [0.25, 0.3) is 11.5 Å². The second-order valence-electron chi connectivity index (χ2n) is 3.58. The summed E-state index contributed by atoms with van der Waals surface area (Å²) in [6.07, 6.45) is 6.15. The Kier molecular flexibility index (Phi) is 2.11. The SMILES string of the molecule is [c]1ccc(-n2cccc2-n2cccc2)cc1. The number of benzene rings is 1. The van der Waals surface area contributed by atoms with Gasteiger partial charge in [0.25, 0.3) is 0 Å². The molecule has 0 aliphatic rings. The van der Waals surface area contributed by atoms with Crippen molar-refractivity contribution in [1.82, 2.24) is 9.13 Å². The Labute approximate surface area is 94.4 Å². The molecule has 0 amide bonds. The van der Waals surface area contributed by atoms with Crippen LogP contribution in [0.1, 0.15) is 0 Å². The zero-order valence-electron chi connectivity index (χ0n) is 8.75. The first kappa shape index (κ1) is 9.04. The molecule has 2 aromatic heterocycles. The van der Waals surface area contributed by atoms with Gasteiger partial charge in [0.15, 0.2) is 0 Å². The van der Waals surface area contributed by atoms with Crippen LogP contribution in [0.4, 0.5) is 0 Å². The fraction of sp³-hybridized carbons (Fsp3) is 0. The first-order valence-corrected chi connectivity index (χ1v) is 5.22. The summed E-state index contributed by atoms with van der Waals surface area (Å²) in [4.78, 5) is 0. The molecule has 3 aromatic rings. The van der Waals surface area contributed by atoms with Gasteiger partial charge in [-0.05, 0) is 42.5 Å². The quantitative estimate of drug-likeness (QED) is 0.611. The molecule has 1 aromatic carbocycles. The first-order chi connectivity index (χ1) is 7.95. The van der Waals surface area contributed by atoms with Crippen molar-refractivity contribution >= 4 is 0 Å². The van der Waals surface area contributed by atoms with Gasteiger partial charge in [0.1, 0.15) is 5.82 Å². The van der Waals surface area contributed by atoms with Crippen LogP contribution in [0.5, 0.6) is 0 Å². The summed E-state index contributed by atoms with van der Waals surface area (Å²) in [7, 11) is 0. The van der Waals surface area contributed by atoms with E-state index in [0.717, 1.165) is 11.5 Å². The van der Waals surface area contributed by atoms with Crippen molar-refractivity contribution in [2.24, 2.45) is 0 Å². The third-order valence-electron chi connectivity index (χ3n) is 2.58. The summed E-state index contributed by atoms with van der Waals surface area (Å²) in [5.74, 6) is 1.14. The minimum atomic E-state index is 1.14. The van der Waals surface area contributed by atoms with Crippen molar-refractivity contribution in [2.75, 3.05) is 0 Å². The third-order valence-corrected chi connectivity index (χ3v) is 2.58. The van der Waals surface area contributed by atoms with E-state index in [1.54, 1.807) is 0 Å². The van der Waals surface area contributed by atoms with Crippen LogP contribution < -0.4 is 0 Å². The normalized spacial score (nSPS) is 10.5. The van der Waals surface area contributed by atoms with Crippen molar-refractivity contribution in [1.29, 1.82) is 0 Å². The second kappa shape index (κ2) is 3.74. The molecule has 2 heteroatoms. The molecule has 0 saturated carbocycles. The largest absolute Gasteiger partial charge is 0.310 e. The average molecular weight is 207 g/mol. The molecule has 16 heavy (non-hydrogen) atoms. The molecule has 3 rings (SSSR count). The van der Waals surface area contributed by atoms with Gasteiger partial charge >= 0.3 is 0 Å². The van der Waals surface area contributed by atoms with Crippen LogP contribution in [0.15, 0.2) is 67.1 Å². The van der Waals surface area contributed by atoms with Crippen LogP contribution in [0.2, 0.25) is 0 Å². The van der Waals surface area contributed by atoms with Crippen LogP contribution in [0.3, 0.4) is 0 Å². The Morgan fingerprint density at radius 1 is 0.812 bits per heavy atom. The Morgan fingerprint density at radius 3 is 2.31 bits per heavy atom. The number of hydrogen-bond acceptors (Lipinski definition) is 0. The van der Waals surface area contributed by atoms with Crippen molar-refractivity contribution in [3.05, 3.63) is 73.2 Å². The molecule has 2 heterocycles. The second-order valence-corrected chi connectivity index (χ2v) is 3.58. The van der Waals surface area contributed by atoms with E-state index in [9.17, 15) is 0 Å². The highest BCUT2D eigenvalue weighted by Gasteiger charge is 2.03. The topological polar surface area (TPSA) is 9.86 Å². The fourth-order valence-electron chi connectivity index (χ4n) is 1.83. The van der Waals surface area contributed by atoms with Gasteiger partial charge in [0, 0.05) is 24.3 Å². The van der Waals surface area contributed by atoms with E-state index >= 15 is 0 Å². The predicted molar refractivity (Wildman–Crippen MR) is 63.9 cm³/mol. The first-order valence-electron chi connectivity index (χ1n) is 5.22. The molecule has 2 nitrogen and oxygen atoms in total. The summed E-state index contributed by atoms with van der Waals surface area (Å²) < 4.78 is 4.24. The lowest BCUT2D eigenvalue weighted by atomic mass is 10.3. The summed E-state index contributed by atoms with van der Waals surface area (Å²) in [5.41, 5.74) is 1.15. The molecule has 0 aliphatic carbocycles.